The molecule has 0 saturated carbocycles. The van der Waals surface area contributed by atoms with Gasteiger partial charge in [-0.25, -0.2) is 13.2 Å². The molecule has 0 saturated heterocycles. The van der Waals surface area contributed by atoms with Gasteiger partial charge in [-0.15, -0.1) is 0 Å². The number of sulfonamides is 1. The van der Waals surface area contributed by atoms with E-state index in [2.05, 4.69) is 4.72 Å². The Morgan fingerprint density at radius 2 is 1.75 bits per heavy atom. The number of hydrogen-bond donors (Lipinski definition) is 2. The van der Waals surface area contributed by atoms with Gasteiger partial charge in [0, 0.05) is 5.69 Å². The first-order valence-electron chi connectivity index (χ1n) is 7.59. The Hall–Kier alpha value is -2.34. The molecule has 0 amide bonds. The summed E-state index contributed by atoms with van der Waals surface area (Å²) < 4.78 is 27.9. The summed E-state index contributed by atoms with van der Waals surface area (Å²) in [4.78, 5) is 11.2. The zero-order valence-electron chi connectivity index (χ0n) is 14.1. The average molecular weight is 347 g/mol. The van der Waals surface area contributed by atoms with E-state index in [4.69, 9.17) is 0 Å². The Labute approximate surface area is 142 Å². The minimum Gasteiger partial charge on any atom is -0.478 e. The average Bonchev–Trinajstić information content (AvgIpc) is 2.46. The topological polar surface area (TPSA) is 83.5 Å². The van der Waals surface area contributed by atoms with E-state index >= 15 is 0 Å². The van der Waals surface area contributed by atoms with E-state index in [-0.39, 0.29) is 16.4 Å². The predicted octanol–water partition coefficient (Wildman–Crippen LogP) is 3.93. The lowest BCUT2D eigenvalue weighted by atomic mass is 10.0. The summed E-state index contributed by atoms with van der Waals surface area (Å²) in [5.74, 6) is -0.875. The van der Waals surface area contributed by atoms with E-state index in [1.807, 2.05) is 19.9 Å². The van der Waals surface area contributed by atoms with Gasteiger partial charge in [0.1, 0.15) is 0 Å². The van der Waals surface area contributed by atoms with Crippen LogP contribution >= 0.6 is 0 Å². The van der Waals surface area contributed by atoms with Gasteiger partial charge in [0.2, 0.25) is 0 Å². The molecule has 0 bridgehead atoms. The smallest absolute Gasteiger partial charge is 0.335 e. The minimum atomic E-state index is -3.87. The minimum absolute atomic E-state index is 0.0168. The van der Waals surface area contributed by atoms with Crippen LogP contribution in [0.25, 0.3) is 0 Å². The number of carbonyl (C=O) groups is 1. The van der Waals surface area contributed by atoms with Crippen LogP contribution in [0.15, 0.2) is 41.3 Å². The highest BCUT2D eigenvalue weighted by atomic mass is 32.2. The van der Waals surface area contributed by atoms with Crippen molar-refractivity contribution in [1.29, 1.82) is 0 Å². The quantitative estimate of drug-likeness (QED) is 0.858. The zero-order chi connectivity index (χ0) is 18.1. The molecule has 0 radical (unpaired) electrons. The van der Waals surface area contributed by atoms with Crippen LogP contribution in [0.4, 0.5) is 5.69 Å². The maximum absolute atomic E-state index is 12.7. The number of anilines is 1. The molecule has 2 N–H and O–H groups in total. The van der Waals surface area contributed by atoms with E-state index in [1.54, 1.807) is 38.1 Å². The number of benzene rings is 2. The fourth-order valence-electron chi connectivity index (χ4n) is 2.52. The zero-order valence-corrected chi connectivity index (χ0v) is 14.9. The number of rotatable bonds is 5. The van der Waals surface area contributed by atoms with Crippen molar-refractivity contribution >= 4 is 21.7 Å². The third-order valence-corrected chi connectivity index (χ3v) is 5.37. The molecule has 0 spiro atoms. The lowest BCUT2D eigenvalue weighted by molar-refractivity contribution is 0.0696. The molecule has 2 rings (SSSR count). The number of carboxylic acids is 1. The molecule has 0 heterocycles. The van der Waals surface area contributed by atoms with Gasteiger partial charge in [-0.05, 0) is 54.7 Å². The molecule has 2 aromatic rings. The summed E-state index contributed by atoms with van der Waals surface area (Å²) >= 11 is 0. The van der Waals surface area contributed by atoms with Crippen molar-refractivity contribution in [3.8, 4) is 0 Å². The number of carboxylic acid groups (broad SMARTS) is 1. The van der Waals surface area contributed by atoms with E-state index in [0.29, 0.717) is 16.8 Å². The standard InChI is InChI=1S/C18H21NO4S/c1-11(2)14-6-5-7-15(9-14)19-24(22,23)17-10-16(18(20)21)12(3)8-13(17)4/h5-11,19H,1-4H3,(H,20,21). The van der Waals surface area contributed by atoms with Crippen molar-refractivity contribution in [2.75, 3.05) is 4.72 Å². The molecule has 0 aliphatic rings. The summed E-state index contributed by atoms with van der Waals surface area (Å²) in [6.07, 6.45) is 0. The lowest BCUT2D eigenvalue weighted by Gasteiger charge is -2.14. The molecule has 0 atom stereocenters. The van der Waals surface area contributed by atoms with Gasteiger partial charge in [-0.2, -0.15) is 0 Å². The molecular weight excluding hydrogens is 326 g/mol. The highest BCUT2D eigenvalue weighted by Crippen LogP contribution is 2.25. The SMILES string of the molecule is Cc1cc(C)c(S(=O)(=O)Nc2cccc(C(C)C)c2)cc1C(=O)O. The molecule has 0 aliphatic heterocycles. The maximum atomic E-state index is 12.7. The van der Waals surface area contributed by atoms with Crippen molar-refractivity contribution < 1.29 is 18.3 Å². The number of aromatic carboxylic acids is 1. The van der Waals surface area contributed by atoms with Crippen LogP contribution in [0.1, 0.15) is 46.8 Å². The largest absolute Gasteiger partial charge is 0.478 e. The van der Waals surface area contributed by atoms with Crippen LogP contribution in [0.5, 0.6) is 0 Å². The Morgan fingerprint density at radius 3 is 2.33 bits per heavy atom. The summed E-state index contributed by atoms with van der Waals surface area (Å²) in [6, 6.07) is 9.96. The highest BCUT2D eigenvalue weighted by Gasteiger charge is 2.21. The summed E-state index contributed by atoms with van der Waals surface area (Å²) in [5, 5.41) is 9.22. The molecule has 0 aliphatic carbocycles. The van der Waals surface area contributed by atoms with E-state index < -0.39 is 16.0 Å². The van der Waals surface area contributed by atoms with Gasteiger partial charge in [0.25, 0.3) is 10.0 Å². The van der Waals surface area contributed by atoms with Crippen LogP contribution in [0.3, 0.4) is 0 Å². The van der Waals surface area contributed by atoms with Crippen LogP contribution in [-0.2, 0) is 10.0 Å². The highest BCUT2D eigenvalue weighted by molar-refractivity contribution is 7.92. The Morgan fingerprint density at radius 1 is 1.08 bits per heavy atom. The second-order valence-electron chi connectivity index (χ2n) is 6.12. The summed E-state index contributed by atoms with van der Waals surface area (Å²) in [5.41, 5.74) is 2.49. The van der Waals surface area contributed by atoms with Crippen LogP contribution in [-0.4, -0.2) is 19.5 Å². The first-order chi connectivity index (χ1) is 11.1. The molecule has 0 fully saturated rings. The Bertz CT molecular complexity index is 886. The van der Waals surface area contributed by atoms with Crippen molar-refractivity contribution in [3.05, 3.63) is 58.7 Å². The van der Waals surface area contributed by atoms with Crippen molar-refractivity contribution in [2.45, 2.75) is 38.5 Å². The monoisotopic (exact) mass is 347 g/mol. The number of aryl methyl sites for hydroxylation is 2. The number of hydrogen-bond acceptors (Lipinski definition) is 3. The van der Waals surface area contributed by atoms with Crippen molar-refractivity contribution in [1.82, 2.24) is 0 Å². The second-order valence-corrected chi connectivity index (χ2v) is 7.77. The van der Waals surface area contributed by atoms with E-state index in [1.165, 1.54) is 6.07 Å². The second kappa shape index (κ2) is 6.65. The third kappa shape index (κ3) is 3.76. The number of nitrogens with one attached hydrogen (secondary N) is 1. The fourth-order valence-corrected chi connectivity index (χ4v) is 3.83. The Balaban J connectivity index is 2.46. The molecule has 0 unspecified atom stereocenters. The molecule has 2 aromatic carbocycles. The van der Waals surface area contributed by atoms with Crippen LogP contribution < -0.4 is 4.72 Å². The van der Waals surface area contributed by atoms with Gasteiger partial charge in [-0.1, -0.05) is 32.0 Å². The molecule has 6 heteroatoms. The molecule has 0 aromatic heterocycles. The molecule has 128 valence electrons. The normalized spacial score (nSPS) is 11.5. The lowest BCUT2D eigenvalue weighted by Crippen LogP contribution is -2.16. The van der Waals surface area contributed by atoms with Gasteiger partial charge >= 0.3 is 5.97 Å². The van der Waals surface area contributed by atoms with Gasteiger partial charge in [0.15, 0.2) is 0 Å². The molecule has 5 nitrogen and oxygen atoms in total. The van der Waals surface area contributed by atoms with Gasteiger partial charge in [-0.3, -0.25) is 4.72 Å². The molecule has 24 heavy (non-hydrogen) atoms. The Kier molecular flexibility index (Phi) is 4.99. The van der Waals surface area contributed by atoms with Crippen LogP contribution in [0, 0.1) is 13.8 Å². The maximum Gasteiger partial charge on any atom is 0.335 e. The summed E-state index contributed by atoms with van der Waals surface area (Å²) in [7, 11) is -3.87. The first kappa shape index (κ1) is 18.0. The van der Waals surface area contributed by atoms with Crippen molar-refractivity contribution in [2.24, 2.45) is 0 Å². The summed E-state index contributed by atoms with van der Waals surface area (Å²) in [6.45, 7) is 7.35. The molecular formula is C18H21NO4S. The predicted molar refractivity (Wildman–Crippen MR) is 94.2 cm³/mol. The fraction of sp³-hybridized carbons (Fsp3) is 0.278. The van der Waals surface area contributed by atoms with Crippen LogP contribution in [0.2, 0.25) is 0 Å². The van der Waals surface area contributed by atoms with Gasteiger partial charge in [0.05, 0.1) is 10.5 Å². The third-order valence-electron chi connectivity index (χ3n) is 3.85. The van der Waals surface area contributed by atoms with E-state index in [0.717, 1.165) is 5.56 Å². The first-order valence-corrected chi connectivity index (χ1v) is 9.07. The van der Waals surface area contributed by atoms with Crippen molar-refractivity contribution in [3.63, 3.8) is 0 Å². The van der Waals surface area contributed by atoms with Gasteiger partial charge < -0.3 is 5.11 Å². The van der Waals surface area contributed by atoms with E-state index in [9.17, 15) is 18.3 Å².